The van der Waals surface area contributed by atoms with Crippen LogP contribution in [0.25, 0.3) is 0 Å². The largest absolute Gasteiger partial charge is 0.488 e. The molecular formula is C24H28ClFN4O5. The van der Waals surface area contributed by atoms with E-state index in [9.17, 15) is 19.1 Å². The quantitative estimate of drug-likeness (QED) is 0.394. The first-order valence-corrected chi connectivity index (χ1v) is 11.4. The van der Waals surface area contributed by atoms with Gasteiger partial charge in [-0.15, -0.1) is 0 Å². The first kappa shape index (κ1) is 26.3. The Labute approximate surface area is 207 Å². The molecule has 0 bridgehead atoms. The Morgan fingerprint density at radius 2 is 1.94 bits per heavy atom. The van der Waals surface area contributed by atoms with Crippen LogP contribution in [-0.4, -0.2) is 64.0 Å². The lowest BCUT2D eigenvalue weighted by Gasteiger charge is -2.38. The maximum Gasteiger partial charge on any atom is 0.328 e. The zero-order chi connectivity index (χ0) is 25.5. The maximum absolute atomic E-state index is 14.5. The average molecular weight is 507 g/mol. The summed E-state index contributed by atoms with van der Waals surface area (Å²) in [5, 5.41) is 25.5. The van der Waals surface area contributed by atoms with Crippen molar-refractivity contribution in [2.24, 2.45) is 0 Å². The molecule has 1 heterocycles. The van der Waals surface area contributed by atoms with Crippen molar-refractivity contribution in [3.8, 4) is 5.75 Å². The van der Waals surface area contributed by atoms with Crippen LogP contribution < -0.4 is 15.4 Å². The molecule has 1 atom stereocenters. The number of benzene rings is 2. The van der Waals surface area contributed by atoms with Crippen molar-refractivity contribution in [1.82, 2.24) is 15.1 Å². The van der Waals surface area contributed by atoms with Gasteiger partial charge in [-0.2, -0.15) is 0 Å². The number of hydrogen-bond acceptors (Lipinski definition) is 6. The molecule has 1 aliphatic rings. The summed E-state index contributed by atoms with van der Waals surface area (Å²) in [6.07, 6.45) is -0.264. The van der Waals surface area contributed by atoms with Gasteiger partial charge in [0.25, 0.3) is 0 Å². The standard InChI is InChI=1S/C24H28ClFN4O5/c1-15(2)35-20-8-7-18(11-19(20)26)28-21-12-23(33)30(14-22(32)27-9-10-31)24(34)29(21)13-16-3-5-17(25)6-4-16/h3-8,11-12,15,23,28,31,33H,9-10,13-14H2,1-2H3,(H,27,32). The number of ether oxygens (including phenoxy) is 1. The molecule has 2 aromatic carbocycles. The Hall–Kier alpha value is -3.34. The number of carbonyl (C=O) groups is 2. The van der Waals surface area contributed by atoms with E-state index in [2.05, 4.69) is 10.6 Å². The average Bonchev–Trinajstić information content (AvgIpc) is 2.80. The highest BCUT2D eigenvalue weighted by molar-refractivity contribution is 6.30. The van der Waals surface area contributed by atoms with Crippen molar-refractivity contribution in [2.45, 2.75) is 32.7 Å². The SMILES string of the molecule is CC(C)Oc1ccc(NC2=CC(O)N(CC(=O)NCCO)C(=O)N2Cc2ccc(Cl)cc2)cc1F. The lowest BCUT2D eigenvalue weighted by Crippen LogP contribution is -2.55. The van der Waals surface area contributed by atoms with E-state index < -0.39 is 30.5 Å². The van der Waals surface area contributed by atoms with Gasteiger partial charge in [-0.3, -0.25) is 14.6 Å². The molecule has 3 rings (SSSR count). The summed E-state index contributed by atoms with van der Waals surface area (Å²) in [7, 11) is 0. The van der Waals surface area contributed by atoms with Crippen LogP contribution in [0.1, 0.15) is 19.4 Å². The molecule has 3 amide bonds. The van der Waals surface area contributed by atoms with E-state index in [-0.39, 0.29) is 37.4 Å². The highest BCUT2D eigenvalue weighted by Crippen LogP contribution is 2.27. The van der Waals surface area contributed by atoms with Gasteiger partial charge in [-0.05, 0) is 43.7 Å². The van der Waals surface area contributed by atoms with Gasteiger partial charge in [-0.25, -0.2) is 9.18 Å². The third-order valence-corrected chi connectivity index (χ3v) is 5.21. The fraction of sp³-hybridized carbons (Fsp3) is 0.333. The molecule has 0 radical (unpaired) electrons. The molecule has 0 saturated carbocycles. The minimum Gasteiger partial charge on any atom is -0.488 e. The van der Waals surface area contributed by atoms with Gasteiger partial charge in [0.05, 0.1) is 19.3 Å². The fourth-order valence-corrected chi connectivity index (χ4v) is 3.50. The van der Waals surface area contributed by atoms with Gasteiger partial charge in [0.15, 0.2) is 17.8 Å². The van der Waals surface area contributed by atoms with Gasteiger partial charge >= 0.3 is 6.03 Å². The van der Waals surface area contributed by atoms with E-state index in [0.29, 0.717) is 10.7 Å². The topological polar surface area (TPSA) is 114 Å². The van der Waals surface area contributed by atoms with E-state index in [1.165, 1.54) is 23.1 Å². The molecule has 1 aliphatic heterocycles. The Bertz CT molecular complexity index is 1080. The Morgan fingerprint density at radius 1 is 1.23 bits per heavy atom. The summed E-state index contributed by atoms with van der Waals surface area (Å²) in [5.74, 6) is -0.817. The lowest BCUT2D eigenvalue weighted by atomic mass is 10.2. The molecular weight excluding hydrogens is 479 g/mol. The summed E-state index contributed by atoms with van der Waals surface area (Å²) in [5.41, 5.74) is 1.07. The fourth-order valence-electron chi connectivity index (χ4n) is 3.37. The van der Waals surface area contributed by atoms with Gasteiger partial charge in [0.1, 0.15) is 12.4 Å². The summed E-state index contributed by atoms with van der Waals surface area (Å²) in [6.45, 7) is 3.02. The zero-order valence-electron chi connectivity index (χ0n) is 19.4. The number of halogens is 2. The Kier molecular flexibility index (Phi) is 8.91. The van der Waals surface area contributed by atoms with Crippen LogP contribution in [-0.2, 0) is 11.3 Å². The number of aliphatic hydroxyl groups excluding tert-OH is 2. The normalized spacial score (nSPS) is 15.8. The van der Waals surface area contributed by atoms with E-state index in [1.54, 1.807) is 44.2 Å². The van der Waals surface area contributed by atoms with Crippen molar-refractivity contribution in [1.29, 1.82) is 0 Å². The molecule has 0 fully saturated rings. The monoisotopic (exact) mass is 506 g/mol. The number of carbonyl (C=O) groups excluding carboxylic acids is 2. The minimum atomic E-state index is -1.42. The number of amides is 3. The molecule has 188 valence electrons. The first-order valence-electron chi connectivity index (χ1n) is 11.0. The van der Waals surface area contributed by atoms with Crippen LogP contribution >= 0.6 is 11.6 Å². The molecule has 0 spiro atoms. The number of nitrogens with zero attached hydrogens (tertiary/aromatic N) is 2. The van der Waals surface area contributed by atoms with Crippen molar-refractivity contribution in [3.63, 3.8) is 0 Å². The molecule has 2 aromatic rings. The molecule has 0 aromatic heterocycles. The predicted molar refractivity (Wildman–Crippen MR) is 129 cm³/mol. The van der Waals surface area contributed by atoms with Crippen molar-refractivity contribution in [3.05, 3.63) is 70.8 Å². The smallest absolute Gasteiger partial charge is 0.328 e. The molecule has 11 heteroatoms. The van der Waals surface area contributed by atoms with Gasteiger partial charge in [0, 0.05) is 29.4 Å². The molecule has 9 nitrogen and oxygen atoms in total. The first-order chi connectivity index (χ1) is 16.7. The van der Waals surface area contributed by atoms with Gasteiger partial charge in [-0.1, -0.05) is 23.7 Å². The maximum atomic E-state index is 14.5. The third-order valence-electron chi connectivity index (χ3n) is 4.96. The van der Waals surface area contributed by atoms with Crippen molar-refractivity contribution >= 4 is 29.2 Å². The van der Waals surface area contributed by atoms with E-state index in [0.717, 1.165) is 10.5 Å². The second kappa shape index (κ2) is 11.9. The molecule has 0 aliphatic carbocycles. The van der Waals surface area contributed by atoms with Gasteiger partial charge in [0.2, 0.25) is 5.91 Å². The van der Waals surface area contributed by atoms with E-state index >= 15 is 0 Å². The number of hydrogen-bond donors (Lipinski definition) is 4. The van der Waals surface area contributed by atoms with Crippen LogP contribution in [0.15, 0.2) is 54.4 Å². The summed E-state index contributed by atoms with van der Waals surface area (Å²) in [6, 6.07) is 10.5. The molecule has 1 unspecified atom stereocenters. The number of urea groups is 1. The Balaban J connectivity index is 1.88. The minimum absolute atomic E-state index is 0.0240. The summed E-state index contributed by atoms with van der Waals surface area (Å²) >= 11 is 5.97. The van der Waals surface area contributed by atoms with Crippen LogP contribution in [0.3, 0.4) is 0 Å². The van der Waals surface area contributed by atoms with Gasteiger partial charge < -0.3 is 25.6 Å². The highest BCUT2D eigenvalue weighted by atomic mass is 35.5. The van der Waals surface area contributed by atoms with Crippen LogP contribution in [0.2, 0.25) is 5.02 Å². The van der Waals surface area contributed by atoms with Crippen molar-refractivity contribution < 1.29 is 28.9 Å². The second-order valence-corrected chi connectivity index (χ2v) is 8.54. The zero-order valence-corrected chi connectivity index (χ0v) is 20.1. The third kappa shape index (κ3) is 7.08. The summed E-state index contributed by atoms with van der Waals surface area (Å²) < 4.78 is 19.9. The second-order valence-electron chi connectivity index (χ2n) is 8.10. The van der Waals surface area contributed by atoms with Crippen LogP contribution in [0.5, 0.6) is 5.75 Å². The lowest BCUT2D eigenvalue weighted by molar-refractivity contribution is -0.123. The number of anilines is 1. The van der Waals surface area contributed by atoms with E-state index in [1.807, 2.05) is 0 Å². The molecule has 0 saturated heterocycles. The van der Waals surface area contributed by atoms with Crippen molar-refractivity contribution in [2.75, 3.05) is 25.0 Å². The Morgan fingerprint density at radius 3 is 2.57 bits per heavy atom. The number of nitrogens with one attached hydrogen (secondary N) is 2. The number of aliphatic hydroxyl groups is 2. The van der Waals surface area contributed by atoms with Crippen LogP contribution in [0, 0.1) is 5.82 Å². The van der Waals surface area contributed by atoms with Crippen LogP contribution in [0.4, 0.5) is 14.9 Å². The van der Waals surface area contributed by atoms with E-state index in [4.69, 9.17) is 21.4 Å². The highest BCUT2D eigenvalue weighted by Gasteiger charge is 2.34. The molecule has 35 heavy (non-hydrogen) atoms. The summed E-state index contributed by atoms with van der Waals surface area (Å²) in [4.78, 5) is 27.8. The number of rotatable bonds is 10. The predicted octanol–water partition coefficient (Wildman–Crippen LogP) is 2.88. The molecule has 4 N–H and O–H groups in total.